The van der Waals surface area contributed by atoms with Crippen LogP contribution in [0.2, 0.25) is 0 Å². The molecule has 0 aliphatic carbocycles. The van der Waals surface area contributed by atoms with Crippen LogP contribution >= 0.6 is 0 Å². The summed E-state index contributed by atoms with van der Waals surface area (Å²) in [5.74, 6) is -0.761. The third-order valence-corrected chi connectivity index (χ3v) is 3.89. The number of hydrogen-bond acceptors (Lipinski definition) is 6. The van der Waals surface area contributed by atoms with Crippen LogP contribution in [0.5, 0.6) is 0 Å². The number of allylic oxidation sites excluding steroid dienone is 3. The van der Waals surface area contributed by atoms with E-state index >= 15 is 0 Å². The van der Waals surface area contributed by atoms with Gasteiger partial charge in [-0.05, 0) is 39.5 Å². The number of carbonyl (C=O) groups is 3. The van der Waals surface area contributed by atoms with Crippen molar-refractivity contribution in [2.75, 3.05) is 14.2 Å². The molecule has 7 nitrogen and oxygen atoms in total. The lowest BCUT2D eigenvalue weighted by atomic mass is 10.0. The van der Waals surface area contributed by atoms with Gasteiger partial charge in [0.25, 0.3) is 0 Å². The molecule has 158 valence electrons. The lowest BCUT2D eigenvalue weighted by Gasteiger charge is -2.20. The van der Waals surface area contributed by atoms with Gasteiger partial charge in [0, 0.05) is 11.1 Å². The van der Waals surface area contributed by atoms with E-state index in [0.717, 1.165) is 18.4 Å². The molecule has 1 unspecified atom stereocenters. The molecule has 0 spiro atoms. The maximum Gasteiger partial charge on any atom is 0.334 e. The molecule has 1 aliphatic heterocycles. The second-order valence-corrected chi connectivity index (χ2v) is 5.63. The number of methoxy groups -OCH3 is 2. The minimum Gasteiger partial charge on any atom is -0.469 e. The van der Waals surface area contributed by atoms with Gasteiger partial charge in [0.05, 0.1) is 20.6 Å². The molecule has 28 heavy (non-hydrogen) atoms. The van der Waals surface area contributed by atoms with Gasteiger partial charge in [0.2, 0.25) is 0 Å². The van der Waals surface area contributed by atoms with Crippen LogP contribution in [0.25, 0.3) is 0 Å². The molecule has 0 radical (unpaired) electrons. The highest BCUT2D eigenvalue weighted by molar-refractivity contribution is 5.89. The fraction of sp³-hybridized carbons (Fsp3) is 0.476. The van der Waals surface area contributed by atoms with E-state index in [2.05, 4.69) is 16.1 Å². The van der Waals surface area contributed by atoms with Gasteiger partial charge in [0.15, 0.2) is 0 Å². The first kappa shape index (κ1) is 27.5. The number of ether oxygens (including phenoxy) is 3. The summed E-state index contributed by atoms with van der Waals surface area (Å²) in [6.07, 6.45) is 12.0. The van der Waals surface area contributed by atoms with Crippen LogP contribution < -0.4 is 0 Å². The lowest BCUT2D eigenvalue weighted by molar-refractivity contribution is -0.145. The van der Waals surface area contributed by atoms with Crippen molar-refractivity contribution in [1.29, 1.82) is 0 Å². The van der Waals surface area contributed by atoms with E-state index in [1.54, 1.807) is 25.2 Å². The molecule has 0 aromatic rings. The van der Waals surface area contributed by atoms with Gasteiger partial charge in [-0.25, -0.2) is 9.59 Å². The van der Waals surface area contributed by atoms with Crippen LogP contribution in [0.1, 0.15) is 46.0 Å². The molecular formula is C21H32O7. The van der Waals surface area contributed by atoms with Crippen LogP contribution in [-0.2, 0) is 28.6 Å². The van der Waals surface area contributed by atoms with Crippen molar-refractivity contribution < 1.29 is 34.1 Å². The van der Waals surface area contributed by atoms with E-state index in [-0.39, 0.29) is 35.9 Å². The summed E-state index contributed by atoms with van der Waals surface area (Å²) in [6.45, 7) is 7.22. The van der Waals surface area contributed by atoms with Crippen molar-refractivity contribution in [2.45, 2.75) is 52.1 Å². The third kappa shape index (κ3) is 11.1. The minimum atomic E-state index is -0.302. The van der Waals surface area contributed by atoms with Crippen molar-refractivity contribution in [3.05, 3.63) is 48.1 Å². The van der Waals surface area contributed by atoms with E-state index in [9.17, 15) is 14.4 Å². The van der Waals surface area contributed by atoms with Crippen molar-refractivity contribution in [1.82, 2.24) is 0 Å². The van der Waals surface area contributed by atoms with Gasteiger partial charge in [-0.3, -0.25) is 4.79 Å². The summed E-state index contributed by atoms with van der Waals surface area (Å²) in [7, 11) is 2.71. The fourth-order valence-corrected chi connectivity index (χ4v) is 2.21. The van der Waals surface area contributed by atoms with E-state index in [1.807, 2.05) is 19.1 Å². The van der Waals surface area contributed by atoms with Crippen LogP contribution in [0.15, 0.2) is 48.1 Å². The Bertz CT molecular complexity index is 600. The van der Waals surface area contributed by atoms with Crippen molar-refractivity contribution in [3.63, 3.8) is 0 Å². The Morgan fingerprint density at radius 3 is 2.36 bits per heavy atom. The van der Waals surface area contributed by atoms with E-state index in [1.165, 1.54) is 14.2 Å². The average Bonchev–Trinajstić information content (AvgIpc) is 2.70. The maximum absolute atomic E-state index is 11.2. The highest BCUT2D eigenvalue weighted by Crippen LogP contribution is 2.19. The quantitative estimate of drug-likeness (QED) is 0.283. The Hall–Kier alpha value is -2.67. The van der Waals surface area contributed by atoms with Crippen molar-refractivity contribution >= 4 is 17.9 Å². The molecule has 1 fully saturated rings. The van der Waals surface area contributed by atoms with Crippen molar-refractivity contribution in [3.8, 4) is 0 Å². The zero-order chi connectivity index (χ0) is 20.7. The number of hydrogen-bond donors (Lipinski definition) is 0. The molecule has 0 saturated carbocycles. The zero-order valence-corrected chi connectivity index (χ0v) is 17.2. The number of carbonyl (C=O) groups excluding carboxylic acids is 3. The Kier molecular flexibility index (Phi) is 16.2. The molecule has 2 N–H and O–H groups in total. The predicted molar refractivity (Wildman–Crippen MR) is 107 cm³/mol. The van der Waals surface area contributed by atoms with Crippen molar-refractivity contribution in [2.24, 2.45) is 0 Å². The largest absolute Gasteiger partial charge is 0.469 e. The summed E-state index contributed by atoms with van der Waals surface area (Å²) in [4.78, 5) is 33.0. The number of esters is 3. The molecule has 1 heterocycles. The standard InChI is InChI=1S/C12H18O4.C9H12O2.H2O/c1-4-10(12(14)16-3)8-6-5-7-9-11(13)15-2;1-3-7-5-6-8(4-2)11-9(7)10;/h4-5,7H,6,8-9H2,1-3H3;3-4,8H,2,5-6H2,1H3;1H2/b7-5?,10-4+;7-3+;. The Labute approximate surface area is 167 Å². The Morgan fingerprint density at radius 2 is 1.89 bits per heavy atom. The summed E-state index contributed by atoms with van der Waals surface area (Å²) in [5, 5.41) is 0. The Balaban J connectivity index is 0. The first-order valence-electron chi connectivity index (χ1n) is 8.87. The first-order valence-corrected chi connectivity index (χ1v) is 8.87. The molecule has 1 aliphatic rings. The summed E-state index contributed by atoms with van der Waals surface area (Å²) in [6, 6.07) is 0. The van der Waals surface area contributed by atoms with Gasteiger partial charge < -0.3 is 19.7 Å². The monoisotopic (exact) mass is 396 g/mol. The predicted octanol–water partition coefficient (Wildman–Crippen LogP) is 3.00. The maximum atomic E-state index is 11.2. The average molecular weight is 396 g/mol. The van der Waals surface area contributed by atoms with Gasteiger partial charge >= 0.3 is 17.9 Å². The van der Waals surface area contributed by atoms with Crippen LogP contribution in [0.4, 0.5) is 0 Å². The second kappa shape index (κ2) is 16.5. The zero-order valence-electron chi connectivity index (χ0n) is 17.2. The Morgan fingerprint density at radius 1 is 1.21 bits per heavy atom. The molecule has 1 saturated heterocycles. The molecule has 0 aromatic carbocycles. The molecular weight excluding hydrogens is 364 g/mol. The highest BCUT2D eigenvalue weighted by atomic mass is 16.5. The van der Waals surface area contributed by atoms with Gasteiger partial charge in [-0.15, -0.1) is 0 Å². The minimum absolute atomic E-state index is 0. The number of rotatable bonds is 7. The lowest BCUT2D eigenvalue weighted by Crippen LogP contribution is -2.23. The van der Waals surface area contributed by atoms with E-state index in [0.29, 0.717) is 18.4 Å². The molecule has 7 heteroatoms. The fourth-order valence-electron chi connectivity index (χ4n) is 2.21. The highest BCUT2D eigenvalue weighted by Gasteiger charge is 2.21. The van der Waals surface area contributed by atoms with E-state index < -0.39 is 0 Å². The summed E-state index contributed by atoms with van der Waals surface area (Å²) in [5.41, 5.74) is 1.42. The normalized spacial score (nSPS) is 17.7. The first-order chi connectivity index (χ1) is 12.9. The van der Waals surface area contributed by atoms with Gasteiger partial charge in [-0.2, -0.15) is 0 Å². The SMILES string of the molecule is C/C=C(\CCC=CCC(=O)OC)C(=O)OC.C=CC1CC/C(=C\C)C(=O)O1.O. The van der Waals surface area contributed by atoms with Crippen LogP contribution in [0, 0.1) is 0 Å². The van der Waals surface area contributed by atoms with E-state index in [4.69, 9.17) is 4.74 Å². The molecule has 0 aromatic heterocycles. The second-order valence-electron chi connectivity index (χ2n) is 5.63. The van der Waals surface area contributed by atoms with Gasteiger partial charge in [0.1, 0.15) is 6.10 Å². The molecule has 0 amide bonds. The third-order valence-electron chi connectivity index (χ3n) is 3.89. The topological polar surface area (TPSA) is 110 Å². The van der Waals surface area contributed by atoms with Gasteiger partial charge in [-0.1, -0.05) is 37.0 Å². The van der Waals surface area contributed by atoms with Crippen LogP contribution in [0.3, 0.4) is 0 Å². The molecule has 0 bridgehead atoms. The molecule has 1 atom stereocenters. The summed E-state index contributed by atoms with van der Waals surface area (Å²) < 4.78 is 14.1. The number of cyclic esters (lactones) is 1. The smallest absolute Gasteiger partial charge is 0.334 e. The summed E-state index contributed by atoms with van der Waals surface area (Å²) >= 11 is 0. The van der Waals surface area contributed by atoms with Crippen LogP contribution in [-0.4, -0.2) is 43.7 Å². The molecule has 1 rings (SSSR count).